The zero-order chi connectivity index (χ0) is 45.3. The van der Waals surface area contributed by atoms with Crippen LogP contribution in [0.5, 0.6) is 0 Å². The van der Waals surface area contributed by atoms with E-state index in [2.05, 4.69) is 218 Å². The maximum Gasteiger partial charge on any atom is 0.160 e. The average molecular weight is 877 g/mol. The molecule has 3 aliphatic carbocycles. The van der Waals surface area contributed by atoms with E-state index >= 15 is 0 Å². The van der Waals surface area contributed by atoms with Crippen molar-refractivity contribution >= 4 is 21.9 Å². The molecule has 0 radical (unpaired) electrons. The summed E-state index contributed by atoms with van der Waals surface area (Å²) >= 11 is 0. The summed E-state index contributed by atoms with van der Waals surface area (Å²) in [4.78, 5) is 10.2. The lowest BCUT2D eigenvalue weighted by Gasteiger charge is -2.48. The molecule has 3 aliphatic rings. The summed E-state index contributed by atoms with van der Waals surface area (Å²) in [6, 6.07) is 88.6. The number of furan rings is 1. The molecule has 0 saturated heterocycles. The molecule has 15 rings (SSSR count). The van der Waals surface area contributed by atoms with Gasteiger partial charge in [0, 0.05) is 33.0 Å². The standard InChI is InChI=1S/C66H40N2O/c1-3-18-42(19-4-1)58-40-59(68-64(67-58)44-20-5-2-6-21-44)43-36-34-41(35-37-43)45-25-17-32-57-61(45)50-39-38-49-48-24-9-16-33-60(48)69-63(49)62(50)66(57)55-30-14-12-28-53(55)65(54-29-13-15-31-56(54)66)51-26-10-7-22-46(51)47-23-8-11-27-52(47)65/h1-40H. The van der Waals surface area contributed by atoms with Crippen LogP contribution in [0.15, 0.2) is 247 Å². The molecule has 0 N–H and O–H groups in total. The lowest BCUT2D eigenvalue weighted by molar-refractivity contribution is 0.615. The van der Waals surface area contributed by atoms with Crippen LogP contribution in [0.1, 0.15) is 44.5 Å². The predicted octanol–water partition coefficient (Wildman–Crippen LogP) is 16.1. The Hall–Kier alpha value is -8.92. The molecule has 0 unspecified atom stereocenters. The third-order valence-electron chi connectivity index (χ3n) is 15.4. The van der Waals surface area contributed by atoms with Crippen molar-refractivity contribution in [2.24, 2.45) is 0 Å². The molecule has 2 spiro atoms. The lowest BCUT2D eigenvalue weighted by Crippen LogP contribution is -2.43. The third-order valence-corrected chi connectivity index (χ3v) is 15.4. The summed E-state index contributed by atoms with van der Waals surface area (Å²) in [5, 5.41) is 2.25. The van der Waals surface area contributed by atoms with Gasteiger partial charge in [0.25, 0.3) is 0 Å². The van der Waals surface area contributed by atoms with Crippen LogP contribution in [0.25, 0.3) is 89.2 Å². The third kappa shape index (κ3) is 5.06. The second-order valence-electron chi connectivity index (χ2n) is 18.6. The van der Waals surface area contributed by atoms with Crippen molar-refractivity contribution < 1.29 is 4.42 Å². The first-order valence-corrected chi connectivity index (χ1v) is 23.8. The van der Waals surface area contributed by atoms with Gasteiger partial charge >= 0.3 is 0 Å². The SMILES string of the molecule is c1ccc(-c2cc(-c3ccc(-c4cccc5c4-c4ccc6c(oc7ccccc76)c4C54c5ccccc5C5(c6ccccc6-c6ccccc65)c5ccccc54)cc3)nc(-c3ccccc3)n2)cc1. The summed E-state index contributed by atoms with van der Waals surface area (Å²) < 4.78 is 7.20. The predicted molar refractivity (Wildman–Crippen MR) is 279 cm³/mol. The first kappa shape index (κ1) is 38.2. The molecular formula is C66H40N2O. The number of hydrogen-bond donors (Lipinski definition) is 0. The highest BCUT2D eigenvalue weighted by atomic mass is 16.3. The molecule has 69 heavy (non-hydrogen) atoms. The molecule has 2 heterocycles. The molecule has 3 nitrogen and oxygen atoms in total. The van der Waals surface area contributed by atoms with Crippen LogP contribution >= 0.6 is 0 Å². The monoisotopic (exact) mass is 876 g/mol. The van der Waals surface area contributed by atoms with Gasteiger partial charge in [-0.25, -0.2) is 9.97 Å². The van der Waals surface area contributed by atoms with Crippen molar-refractivity contribution in [3.05, 3.63) is 287 Å². The average Bonchev–Trinajstić information content (AvgIpc) is 4.06. The van der Waals surface area contributed by atoms with Gasteiger partial charge in [-0.3, -0.25) is 0 Å². The summed E-state index contributed by atoms with van der Waals surface area (Å²) in [6.45, 7) is 0. The maximum atomic E-state index is 7.20. The summed E-state index contributed by atoms with van der Waals surface area (Å²) in [6.07, 6.45) is 0. The molecular weight excluding hydrogens is 837 g/mol. The molecule has 12 aromatic rings. The van der Waals surface area contributed by atoms with E-state index in [1.54, 1.807) is 0 Å². The normalized spacial score (nSPS) is 14.0. The minimum Gasteiger partial charge on any atom is -0.456 e. The van der Waals surface area contributed by atoms with Crippen LogP contribution in [0, 0.1) is 0 Å². The molecule has 0 amide bonds. The largest absolute Gasteiger partial charge is 0.456 e. The fourth-order valence-electron chi connectivity index (χ4n) is 12.7. The van der Waals surface area contributed by atoms with Crippen LogP contribution in [0.2, 0.25) is 0 Å². The van der Waals surface area contributed by atoms with E-state index in [4.69, 9.17) is 14.4 Å². The lowest BCUT2D eigenvalue weighted by atomic mass is 9.52. The van der Waals surface area contributed by atoms with E-state index in [-0.39, 0.29) is 0 Å². The Morgan fingerprint density at radius 3 is 1.42 bits per heavy atom. The summed E-state index contributed by atoms with van der Waals surface area (Å²) in [5.41, 5.74) is 23.0. The Morgan fingerprint density at radius 2 is 0.783 bits per heavy atom. The van der Waals surface area contributed by atoms with Crippen molar-refractivity contribution in [1.82, 2.24) is 9.97 Å². The number of fused-ring (bicyclic) bond motifs is 20. The molecule has 0 atom stereocenters. The van der Waals surface area contributed by atoms with Crippen molar-refractivity contribution in [2.45, 2.75) is 10.8 Å². The van der Waals surface area contributed by atoms with Gasteiger partial charge in [0.2, 0.25) is 0 Å². The highest BCUT2D eigenvalue weighted by Crippen LogP contribution is 2.69. The number of aromatic nitrogens is 2. The van der Waals surface area contributed by atoms with Gasteiger partial charge < -0.3 is 4.42 Å². The van der Waals surface area contributed by atoms with Gasteiger partial charge in [0.1, 0.15) is 11.2 Å². The molecule has 320 valence electrons. The maximum absolute atomic E-state index is 7.20. The van der Waals surface area contributed by atoms with Gasteiger partial charge in [-0.1, -0.05) is 224 Å². The summed E-state index contributed by atoms with van der Waals surface area (Å²) in [7, 11) is 0. The van der Waals surface area contributed by atoms with Crippen LogP contribution < -0.4 is 0 Å². The number of nitrogens with zero attached hydrogens (tertiary/aromatic N) is 2. The highest BCUT2D eigenvalue weighted by Gasteiger charge is 2.60. The zero-order valence-corrected chi connectivity index (χ0v) is 37.4. The van der Waals surface area contributed by atoms with Gasteiger partial charge in [-0.05, 0) is 90.5 Å². The van der Waals surface area contributed by atoms with Crippen molar-refractivity contribution in [1.29, 1.82) is 0 Å². The van der Waals surface area contributed by atoms with E-state index in [1.165, 1.54) is 72.3 Å². The Morgan fingerprint density at radius 1 is 0.304 bits per heavy atom. The van der Waals surface area contributed by atoms with Gasteiger partial charge in [0.15, 0.2) is 5.82 Å². The van der Waals surface area contributed by atoms with E-state index in [1.807, 2.05) is 24.3 Å². The Labute approximate surface area is 399 Å². The summed E-state index contributed by atoms with van der Waals surface area (Å²) in [5.74, 6) is 0.704. The number of rotatable bonds is 4. The quantitative estimate of drug-likeness (QED) is 0.177. The number of hydrogen-bond acceptors (Lipinski definition) is 3. The van der Waals surface area contributed by atoms with Crippen molar-refractivity contribution in [3.8, 4) is 67.3 Å². The van der Waals surface area contributed by atoms with E-state index < -0.39 is 10.8 Å². The van der Waals surface area contributed by atoms with Crippen LogP contribution in [-0.4, -0.2) is 9.97 Å². The Kier molecular flexibility index (Phi) is 7.92. The second-order valence-corrected chi connectivity index (χ2v) is 18.6. The van der Waals surface area contributed by atoms with Crippen LogP contribution in [-0.2, 0) is 10.8 Å². The van der Waals surface area contributed by atoms with Gasteiger partial charge in [0.05, 0.1) is 22.2 Å². The first-order valence-electron chi connectivity index (χ1n) is 23.8. The van der Waals surface area contributed by atoms with Gasteiger partial charge in [-0.2, -0.15) is 0 Å². The minimum absolute atomic E-state index is 0.536. The fraction of sp³-hybridized carbons (Fsp3) is 0.0303. The number of para-hydroxylation sites is 1. The molecule has 0 bridgehead atoms. The van der Waals surface area contributed by atoms with Crippen molar-refractivity contribution in [2.75, 3.05) is 0 Å². The van der Waals surface area contributed by atoms with E-state index in [9.17, 15) is 0 Å². The van der Waals surface area contributed by atoms with Gasteiger partial charge in [-0.15, -0.1) is 0 Å². The Bertz CT molecular complexity index is 3920. The topological polar surface area (TPSA) is 38.9 Å². The molecule has 0 aliphatic heterocycles. The first-order chi connectivity index (χ1) is 34.2. The zero-order valence-electron chi connectivity index (χ0n) is 37.4. The Balaban J connectivity index is 0.994. The van der Waals surface area contributed by atoms with Crippen LogP contribution in [0.4, 0.5) is 0 Å². The van der Waals surface area contributed by atoms with Crippen molar-refractivity contribution in [3.63, 3.8) is 0 Å². The second kappa shape index (κ2) is 14.3. The van der Waals surface area contributed by atoms with E-state index in [0.29, 0.717) is 5.82 Å². The van der Waals surface area contributed by atoms with Crippen LogP contribution in [0.3, 0.4) is 0 Å². The minimum atomic E-state index is -0.721. The number of benzene rings is 10. The molecule has 2 aromatic heterocycles. The molecule has 0 saturated carbocycles. The molecule has 10 aromatic carbocycles. The fourth-order valence-corrected chi connectivity index (χ4v) is 12.7. The molecule has 3 heteroatoms. The smallest absolute Gasteiger partial charge is 0.160 e. The van der Waals surface area contributed by atoms with E-state index in [0.717, 1.165) is 55.6 Å². The highest BCUT2D eigenvalue weighted by molar-refractivity contribution is 6.12. The molecule has 0 fully saturated rings.